The maximum atomic E-state index is 12.1. The third kappa shape index (κ3) is 2.39. The van der Waals surface area contributed by atoms with Gasteiger partial charge in [-0.15, -0.1) is 0 Å². The van der Waals surface area contributed by atoms with E-state index in [9.17, 15) is 4.79 Å². The number of aromatic nitrogens is 2. The molecule has 3 heteroatoms. The SMILES string of the molecule is CC(=O)n1nc(-c2ccccc2)c2c1[C@H](C(C)C)CC[C@H]2C. The van der Waals surface area contributed by atoms with Gasteiger partial charge in [-0.1, -0.05) is 51.1 Å². The van der Waals surface area contributed by atoms with E-state index in [4.69, 9.17) is 5.10 Å². The van der Waals surface area contributed by atoms with E-state index >= 15 is 0 Å². The van der Waals surface area contributed by atoms with E-state index in [1.165, 1.54) is 12.0 Å². The fourth-order valence-corrected chi connectivity index (χ4v) is 3.69. The zero-order valence-corrected chi connectivity index (χ0v) is 13.8. The van der Waals surface area contributed by atoms with E-state index < -0.39 is 0 Å². The van der Waals surface area contributed by atoms with Gasteiger partial charge in [-0.05, 0) is 24.7 Å². The molecule has 0 N–H and O–H groups in total. The number of benzene rings is 1. The lowest BCUT2D eigenvalue weighted by Crippen LogP contribution is -2.22. The predicted molar refractivity (Wildman–Crippen MR) is 89.2 cm³/mol. The van der Waals surface area contributed by atoms with E-state index in [1.807, 2.05) is 18.2 Å². The second kappa shape index (κ2) is 5.71. The third-order valence-electron chi connectivity index (χ3n) is 4.86. The average Bonchev–Trinajstić information content (AvgIpc) is 2.89. The summed E-state index contributed by atoms with van der Waals surface area (Å²) in [5, 5.41) is 4.71. The Morgan fingerprint density at radius 1 is 1.23 bits per heavy atom. The zero-order chi connectivity index (χ0) is 15.9. The van der Waals surface area contributed by atoms with Gasteiger partial charge in [0.05, 0.1) is 11.4 Å². The van der Waals surface area contributed by atoms with Gasteiger partial charge in [0.15, 0.2) is 0 Å². The molecule has 1 aliphatic rings. The van der Waals surface area contributed by atoms with Gasteiger partial charge in [-0.3, -0.25) is 4.79 Å². The van der Waals surface area contributed by atoms with E-state index in [1.54, 1.807) is 11.6 Å². The first-order valence-electron chi connectivity index (χ1n) is 8.19. The van der Waals surface area contributed by atoms with E-state index in [2.05, 4.69) is 32.9 Å². The molecule has 22 heavy (non-hydrogen) atoms. The maximum Gasteiger partial charge on any atom is 0.244 e. The van der Waals surface area contributed by atoms with Crippen LogP contribution in [0, 0.1) is 5.92 Å². The van der Waals surface area contributed by atoms with Gasteiger partial charge in [-0.25, -0.2) is 4.68 Å². The predicted octanol–water partition coefficient (Wildman–Crippen LogP) is 4.85. The van der Waals surface area contributed by atoms with Crippen LogP contribution in [0.1, 0.15) is 68.4 Å². The van der Waals surface area contributed by atoms with E-state index in [-0.39, 0.29) is 5.91 Å². The molecule has 3 nitrogen and oxygen atoms in total. The topological polar surface area (TPSA) is 34.9 Å². The molecule has 0 fully saturated rings. The first-order valence-corrected chi connectivity index (χ1v) is 8.19. The quantitative estimate of drug-likeness (QED) is 0.794. The molecule has 1 aliphatic carbocycles. The Bertz CT molecular complexity index is 685. The summed E-state index contributed by atoms with van der Waals surface area (Å²) in [6.45, 7) is 8.35. The Morgan fingerprint density at radius 2 is 1.91 bits per heavy atom. The van der Waals surface area contributed by atoms with Gasteiger partial charge in [0.2, 0.25) is 5.91 Å². The number of hydrogen-bond donors (Lipinski definition) is 0. The van der Waals surface area contributed by atoms with Gasteiger partial charge < -0.3 is 0 Å². The van der Waals surface area contributed by atoms with Crippen LogP contribution >= 0.6 is 0 Å². The van der Waals surface area contributed by atoms with Crippen LogP contribution in [0.5, 0.6) is 0 Å². The largest absolute Gasteiger partial charge is 0.273 e. The minimum absolute atomic E-state index is 0.0122. The van der Waals surface area contributed by atoms with Crippen molar-refractivity contribution in [2.75, 3.05) is 0 Å². The Morgan fingerprint density at radius 3 is 2.50 bits per heavy atom. The Labute approximate surface area is 132 Å². The fourth-order valence-electron chi connectivity index (χ4n) is 3.69. The summed E-state index contributed by atoms with van der Waals surface area (Å²) in [7, 11) is 0. The number of fused-ring (bicyclic) bond motifs is 1. The highest BCUT2D eigenvalue weighted by molar-refractivity contribution is 5.79. The minimum atomic E-state index is 0.0122. The molecule has 2 atom stereocenters. The smallest absolute Gasteiger partial charge is 0.244 e. The van der Waals surface area contributed by atoms with E-state index in [0.29, 0.717) is 17.8 Å². The van der Waals surface area contributed by atoms with Crippen LogP contribution in [0.15, 0.2) is 30.3 Å². The molecule has 1 heterocycles. The summed E-state index contributed by atoms with van der Waals surface area (Å²) in [6, 6.07) is 10.2. The molecule has 116 valence electrons. The van der Waals surface area contributed by atoms with Crippen LogP contribution in [0.25, 0.3) is 11.3 Å². The molecule has 0 saturated heterocycles. The van der Waals surface area contributed by atoms with Crippen molar-refractivity contribution < 1.29 is 4.79 Å². The number of rotatable bonds is 2. The van der Waals surface area contributed by atoms with Crippen LogP contribution < -0.4 is 0 Å². The standard InChI is InChI=1S/C19H24N2O/c1-12(2)16-11-10-13(3)17-18(15-8-6-5-7-9-15)20-21(14(4)22)19(16)17/h5-9,12-13,16H,10-11H2,1-4H3/t13-,16+/m1/s1. The van der Waals surface area contributed by atoms with Crippen molar-refractivity contribution >= 4 is 5.91 Å². The van der Waals surface area contributed by atoms with Gasteiger partial charge in [0, 0.05) is 24.0 Å². The summed E-state index contributed by atoms with van der Waals surface area (Å²) < 4.78 is 1.66. The normalized spacial score (nSPS) is 21.0. The zero-order valence-electron chi connectivity index (χ0n) is 13.8. The van der Waals surface area contributed by atoms with Crippen molar-refractivity contribution in [1.82, 2.24) is 9.78 Å². The van der Waals surface area contributed by atoms with Crippen LogP contribution in [0.2, 0.25) is 0 Å². The molecule has 0 bridgehead atoms. The Kier molecular flexibility index (Phi) is 3.90. The molecule has 1 aromatic heterocycles. The van der Waals surface area contributed by atoms with Crippen molar-refractivity contribution in [1.29, 1.82) is 0 Å². The van der Waals surface area contributed by atoms with Gasteiger partial charge in [0.1, 0.15) is 0 Å². The molecule has 0 amide bonds. The summed E-state index contributed by atoms with van der Waals surface area (Å²) in [6.07, 6.45) is 2.30. The summed E-state index contributed by atoms with van der Waals surface area (Å²) in [5.74, 6) is 1.40. The van der Waals surface area contributed by atoms with Crippen molar-refractivity contribution in [3.8, 4) is 11.3 Å². The minimum Gasteiger partial charge on any atom is -0.273 e. The third-order valence-corrected chi connectivity index (χ3v) is 4.86. The van der Waals surface area contributed by atoms with Crippen molar-refractivity contribution in [2.24, 2.45) is 5.92 Å². The summed E-state index contributed by atoms with van der Waals surface area (Å²) >= 11 is 0. The Hall–Kier alpha value is -1.90. The van der Waals surface area contributed by atoms with Crippen molar-refractivity contribution in [2.45, 2.75) is 52.4 Å². The second-order valence-electron chi connectivity index (χ2n) is 6.77. The van der Waals surface area contributed by atoms with Gasteiger partial charge in [-0.2, -0.15) is 5.10 Å². The molecule has 1 aromatic carbocycles. The molecule has 0 aliphatic heterocycles. The fraction of sp³-hybridized carbons (Fsp3) is 0.474. The first kappa shape index (κ1) is 15.0. The molecule has 3 rings (SSSR count). The maximum absolute atomic E-state index is 12.1. The van der Waals surface area contributed by atoms with Gasteiger partial charge >= 0.3 is 0 Å². The van der Waals surface area contributed by atoms with Crippen molar-refractivity contribution in [3.63, 3.8) is 0 Å². The molecular weight excluding hydrogens is 272 g/mol. The Balaban J connectivity index is 2.26. The lowest BCUT2D eigenvalue weighted by atomic mass is 9.75. The number of hydrogen-bond acceptors (Lipinski definition) is 2. The van der Waals surface area contributed by atoms with Crippen LogP contribution in [-0.4, -0.2) is 15.7 Å². The monoisotopic (exact) mass is 296 g/mol. The van der Waals surface area contributed by atoms with E-state index in [0.717, 1.165) is 23.4 Å². The highest BCUT2D eigenvalue weighted by Crippen LogP contribution is 2.46. The van der Waals surface area contributed by atoms with Gasteiger partial charge in [0.25, 0.3) is 0 Å². The molecule has 0 saturated carbocycles. The first-order chi connectivity index (χ1) is 10.5. The molecule has 0 radical (unpaired) electrons. The second-order valence-corrected chi connectivity index (χ2v) is 6.77. The number of carbonyl (C=O) groups excluding carboxylic acids is 1. The molecular formula is C19H24N2O. The summed E-state index contributed by atoms with van der Waals surface area (Å²) in [5.41, 5.74) is 4.53. The number of carbonyl (C=O) groups is 1. The van der Waals surface area contributed by atoms with Crippen molar-refractivity contribution in [3.05, 3.63) is 41.6 Å². The lowest BCUT2D eigenvalue weighted by molar-refractivity contribution is 0.0913. The molecule has 2 aromatic rings. The lowest BCUT2D eigenvalue weighted by Gasteiger charge is -2.30. The highest BCUT2D eigenvalue weighted by atomic mass is 16.2. The van der Waals surface area contributed by atoms with Crippen LogP contribution in [0.4, 0.5) is 0 Å². The van der Waals surface area contributed by atoms with Crippen LogP contribution in [-0.2, 0) is 0 Å². The highest BCUT2D eigenvalue weighted by Gasteiger charge is 2.35. The molecule has 0 unspecified atom stereocenters. The van der Waals surface area contributed by atoms with Crippen LogP contribution in [0.3, 0.4) is 0 Å². The number of nitrogens with zero attached hydrogens (tertiary/aromatic N) is 2. The average molecular weight is 296 g/mol. The molecule has 0 spiro atoms. The summed E-state index contributed by atoms with van der Waals surface area (Å²) in [4.78, 5) is 12.1.